The van der Waals surface area contributed by atoms with E-state index in [1.165, 1.54) is 5.57 Å². The van der Waals surface area contributed by atoms with Crippen molar-refractivity contribution < 1.29 is 33.9 Å². The van der Waals surface area contributed by atoms with Crippen molar-refractivity contribution in [2.75, 3.05) is 6.61 Å². The molecule has 12 atom stereocenters. The normalized spacial score (nSPS) is 44.5. The van der Waals surface area contributed by atoms with E-state index in [1.54, 1.807) is 0 Å². The van der Waals surface area contributed by atoms with Crippen LogP contribution in [0, 0.1) is 5.92 Å². The van der Waals surface area contributed by atoms with Gasteiger partial charge in [0.25, 0.3) is 0 Å². The zero-order chi connectivity index (χ0) is 32.2. The van der Waals surface area contributed by atoms with Crippen LogP contribution in [0.1, 0.15) is 112 Å². The van der Waals surface area contributed by atoms with Crippen LogP contribution < -0.4 is 0 Å². The molecule has 5 heterocycles. The van der Waals surface area contributed by atoms with E-state index in [9.17, 15) is 10.2 Å². The molecular weight excluding hydrogens is 568 g/mol. The van der Waals surface area contributed by atoms with Crippen LogP contribution in [0.2, 0.25) is 0 Å². The van der Waals surface area contributed by atoms with E-state index in [1.807, 2.05) is 25.2 Å². The van der Waals surface area contributed by atoms with Crippen LogP contribution in [0.4, 0.5) is 0 Å². The lowest BCUT2D eigenvalue weighted by molar-refractivity contribution is -0.273. The summed E-state index contributed by atoms with van der Waals surface area (Å²) in [4.78, 5) is 0. The molecule has 5 rings (SSSR count). The zero-order valence-corrected chi connectivity index (χ0v) is 28.5. The minimum Gasteiger partial charge on any atom is -0.392 e. The molecule has 0 saturated carbocycles. The SMILES string of the molecule is C=C/C=C\CCC1CCCC2OC3CC4OC5CC(C)C(CC/C=C(C)/C(C)=C/CO)OC5(C)CC(O)C4OC3(C)CCC2O1. The Morgan fingerprint density at radius 1 is 0.867 bits per heavy atom. The Morgan fingerprint density at radius 3 is 2.38 bits per heavy atom. The summed E-state index contributed by atoms with van der Waals surface area (Å²) >= 11 is 0. The average Bonchev–Trinajstić information content (AvgIpc) is 3.31. The lowest BCUT2D eigenvalue weighted by Gasteiger charge is -2.49. The second kappa shape index (κ2) is 15.3. The fourth-order valence-electron chi connectivity index (χ4n) is 8.47. The molecule has 45 heavy (non-hydrogen) atoms. The number of aliphatic hydroxyl groups is 2. The number of hydrogen-bond acceptors (Lipinski definition) is 7. The van der Waals surface area contributed by atoms with E-state index in [0.29, 0.717) is 18.8 Å². The van der Waals surface area contributed by atoms with E-state index in [-0.39, 0.29) is 49.3 Å². The van der Waals surface area contributed by atoms with Gasteiger partial charge in [0, 0.05) is 12.8 Å². The summed E-state index contributed by atoms with van der Waals surface area (Å²) in [5, 5.41) is 20.9. The molecule has 0 bridgehead atoms. The van der Waals surface area contributed by atoms with Crippen molar-refractivity contribution in [3.05, 3.63) is 48.1 Å². The Balaban J connectivity index is 1.23. The van der Waals surface area contributed by atoms with Crippen molar-refractivity contribution in [2.45, 2.75) is 178 Å². The predicted octanol–water partition coefficient (Wildman–Crippen LogP) is 6.91. The van der Waals surface area contributed by atoms with Crippen LogP contribution in [0.5, 0.6) is 0 Å². The third-order valence-electron chi connectivity index (χ3n) is 11.5. The molecule has 7 nitrogen and oxygen atoms in total. The second-order valence-electron chi connectivity index (χ2n) is 15.0. The molecule has 254 valence electrons. The van der Waals surface area contributed by atoms with Gasteiger partial charge in [0.15, 0.2) is 0 Å². The summed E-state index contributed by atoms with van der Waals surface area (Å²) in [5.41, 5.74) is 1.22. The van der Waals surface area contributed by atoms with Crippen molar-refractivity contribution in [1.82, 2.24) is 0 Å². The zero-order valence-electron chi connectivity index (χ0n) is 28.5. The van der Waals surface area contributed by atoms with Gasteiger partial charge in [-0.1, -0.05) is 55.0 Å². The van der Waals surface area contributed by atoms with Crippen LogP contribution in [0.3, 0.4) is 0 Å². The fourth-order valence-corrected chi connectivity index (χ4v) is 8.47. The molecule has 0 aromatic carbocycles. The van der Waals surface area contributed by atoms with Gasteiger partial charge in [-0.15, -0.1) is 0 Å². The number of fused-ring (bicyclic) bond motifs is 4. The molecule has 5 aliphatic rings. The summed E-state index contributed by atoms with van der Waals surface area (Å²) in [6.45, 7) is 14.5. The van der Waals surface area contributed by atoms with Gasteiger partial charge in [-0.2, -0.15) is 0 Å². The molecular formula is C38H60O7. The van der Waals surface area contributed by atoms with Crippen LogP contribution in [-0.2, 0) is 23.7 Å². The van der Waals surface area contributed by atoms with E-state index in [4.69, 9.17) is 23.7 Å². The highest BCUT2D eigenvalue weighted by atomic mass is 16.6. The van der Waals surface area contributed by atoms with Gasteiger partial charge in [0.2, 0.25) is 0 Å². The minimum atomic E-state index is -0.678. The standard InChI is InChI=1S/C38H60O7/c1-7-8-9-10-14-28-15-12-17-31-32(41-28)18-20-37(5)35(42-31)23-33-36(45-37)29(40)24-38(6)34(43-33)22-27(4)30(44-38)16-11-13-25(2)26(3)19-21-39/h7-9,13,19,27-36,39-40H,1,10-12,14-18,20-24H2,2-6H3/b9-8-,25-13+,26-19+. The first-order valence-corrected chi connectivity index (χ1v) is 17.8. The number of hydrogen-bond donors (Lipinski definition) is 2. The van der Waals surface area contributed by atoms with E-state index < -0.39 is 23.4 Å². The van der Waals surface area contributed by atoms with Crippen molar-refractivity contribution in [3.63, 3.8) is 0 Å². The van der Waals surface area contributed by atoms with E-state index in [2.05, 4.69) is 46.4 Å². The van der Waals surface area contributed by atoms with Crippen LogP contribution in [0.25, 0.3) is 0 Å². The van der Waals surface area contributed by atoms with Crippen molar-refractivity contribution in [3.8, 4) is 0 Å². The summed E-state index contributed by atoms with van der Waals surface area (Å²) in [6, 6.07) is 0. The molecule has 5 fully saturated rings. The molecule has 2 N–H and O–H groups in total. The van der Waals surface area contributed by atoms with Gasteiger partial charge in [-0.05, 0) is 97.8 Å². The van der Waals surface area contributed by atoms with Gasteiger partial charge in [-0.3, -0.25) is 0 Å². The third kappa shape index (κ3) is 8.22. The minimum absolute atomic E-state index is 0.0602. The van der Waals surface area contributed by atoms with Gasteiger partial charge in [0.05, 0.1) is 66.6 Å². The Labute approximate surface area is 272 Å². The maximum Gasteiger partial charge on any atom is 0.111 e. The molecule has 7 heteroatoms. The topological polar surface area (TPSA) is 86.6 Å². The first-order valence-electron chi connectivity index (χ1n) is 17.8. The maximum atomic E-state index is 11.7. The quantitative estimate of drug-likeness (QED) is 0.269. The van der Waals surface area contributed by atoms with Crippen molar-refractivity contribution >= 4 is 0 Å². The van der Waals surface area contributed by atoms with Crippen LogP contribution in [0.15, 0.2) is 48.1 Å². The number of ether oxygens (including phenoxy) is 5. The Hall–Kier alpha value is -1.32. The highest BCUT2D eigenvalue weighted by Crippen LogP contribution is 2.48. The molecule has 0 radical (unpaired) electrons. The van der Waals surface area contributed by atoms with Gasteiger partial charge >= 0.3 is 0 Å². The van der Waals surface area contributed by atoms with E-state index >= 15 is 0 Å². The predicted molar refractivity (Wildman–Crippen MR) is 177 cm³/mol. The lowest BCUT2D eigenvalue weighted by atomic mass is 9.79. The number of rotatable bonds is 9. The van der Waals surface area contributed by atoms with Crippen molar-refractivity contribution in [1.29, 1.82) is 0 Å². The Morgan fingerprint density at radius 2 is 1.60 bits per heavy atom. The average molecular weight is 629 g/mol. The summed E-state index contributed by atoms with van der Waals surface area (Å²) in [7, 11) is 0. The Bertz CT molecular complexity index is 1080. The molecule has 0 amide bonds. The molecule has 0 aromatic heterocycles. The Kier molecular flexibility index (Phi) is 11.9. The number of aliphatic hydroxyl groups excluding tert-OH is 2. The van der Waals surface area contributed by atoms with Crippen LogP contribution >= 0.6 is 0 Å². The largest absolute Gasteiger partial charge is 0.392 e. The third-order valence-corrected chi connectivity index (χ3v) is 11.5. The lowest BCUT2D eigenvalue weighted by Crippen LogP contribution is -2.59. The van der Waals surface area contributed by atoms with E-state index in [0.717, 1.165) is 69.8 Å². The van der Waals surface area contributed by atoms with Crippen LogP contribution in [-0.4, -0.2) is 83.0 Å². The van der Waals surface area contributed by atoms with Gasteiger partial charge < -0.3 is 33.9 Å². The molecule has 5 aliphatic heterocycles. The summed E-state index contributed by atoms with van der Waals surface area (Å²) < 4.78 is 34.3. The highest BCUT2D eigenvalue weighted by Gasteiger charge is 2.58. The molecule has 5 saturated heterocycles. The maximum absolute atomic E-state index is 11.7. The molecule has 0 spiro atoms. The highest BCUT2D eigenvalue weighted by molar-refractivity contribution is 5.26. The molecule has 12 unspecified atom stereocenters. The molecule has 0 aliphatic carbocycles. The first-order chi connectivity index (χ1) is 21.5. The molecule has 0 aromatic rings. The smallest absolute Gasteiger partial charge is 0.111 e. The number of allylic oxidation sites excluding steroid dienone is 6. The first kappa shape index (κ1) is 35.0. The van der Waals surface area contributed by atoms with Gasteiger partial charge in [0.1, 0.15) is 6.10 Å². The summed E-state index contributed by atoms with van der Waals surface area (Å²) in [6.07, 6.45) is 19.9. The monoisotopic (exact) mass is 628 g/mol. The fraction of sp³-hybridized carbons (Fsp3) is 0.789. The van der Waals surface area contributed by atoms with Gasteiger partial charge in [-0.25, -0.2) is 0 Å². The second-order valence-corrected chi connectivity index (χ2v) is 15.0. The van der Waals surface area contributed by atoms with Crippen molar-refractivity contribution in [2.24, 2.45) is 5.92 Å². The summed E-state index contributed by atoms with van der Waals surface area (Å²) in [5.74, 6) is 0.340.